The number of carbonyl (C=O) groups is 3. The highest BCUT2D eigenvalue weighted by molar-refractivity contribution is 6.74. The van der Waals surface area contributed by atoms with Crippen molar-refractivity contribution in [3.05, 3.63) is 12.2 Å². The van der Waals surface area contributed by atoms with Gasteiger partial charge in [0.1, 0.15) is 11.9 Å². The second-order valence-corrected chi connectivity index (χ2v) is 16.0. The highest BCUT2D eigenvalue weighted by Gasteiger charge is 2.46. The van der Waals surface area contributed by atoms with Crippen molar-refractivity contribution in [3.63, 3.8) is 0 Å². The van der Waals surface area contributed by atoms with Gasteiger partial charge in [-0.1, -0.05) is 46.6 Å². The molecule has 1 saturated carbocycles. The number of rotatable bonds is 13. The number of methoxy groups -OCH3 is 1. The van der Waals surface area contributed by atoms with Gasteiger partial charge in [-0.3, -0.25) is 14.4 Å². The number of ketones is 1. The number of carbonyl (C=O) groups excluding carboxylic acids is 3. The van der Waals surface area contributed by atoms with Crippen LogP contribution in [-0.2, 0) is 28.3 Å². The maximum absolute atomic E-state index is 13.1. The topological polar surface area (TPSA) is 78.9 Å². The Morgan fingerprint density at radius 3 is 2.44 bits per heavy atom. The molecule has 0 amide bonds. The molecule has 0 aromatic rings. The molecule has 204 valence electrons. The molecular formula is C29H48O6Si. The lowest BCUT2D eigenvalue weighted by molar-refractivity contribution is -0.144. The smallest absolute Gasteiger partial charge is 0.305 e. The van der Waals surface area contributed by atoms with Crippen molar-refractivity contribution < 1.29 is 28.3 Å². The van der Waals surface area contributed by atoms with Crippen LogP contribution in [0.1, 0.15) is 92.4 Å². The zero-order chi connectivity index (χ0) is 27.4. The number of ether oxygens (including phenoxy) is 2. The van der Waals surface area contributed by atoms with Crippen molar-refractivity contribution in [2.24, 2.45) is 11.8 Å². The van der Waals surface area contributed by atoms with Crippen LogP contribution in [0.5, 0.6) is 0 Å². The monoisotopic (exact) mass is 520 g/mol. The zero-order valence-corrected chi connectivity index (χ0v) is 24.8. The molecule has 0 spiro atoms. The maximum Gasteiger partial charge on any atom is 0.305 e. The van der Waals surface area contributed by atoms with Crippen LogP contribution in [0.4, 0.5) is 0 Å². The second-order valence-electron chi connectivity index (χ2n) is 11.3. The van der Waals surface area contributed by atoms with E-state index in [1.807, 2.05) is 12.2 Å². The molecular weight excluding hydrogens is 472 g/mol. The molecule has 1 aliphatic carbocycles. The third kappa shape index (κ3) is 11.0. The first kappa shape index (κ1) is 32.1. The molecule has 6 nitrogen and oxygen atoms in total. The largest absolute Gasteiger partial charge is 0.469 e. The molecule has 0 unspecified atom stereocenters. The standard InChI is InChI=1S/C29H48O6Si/c1-9-10-13-16-23(34-22(2)30)19-20-25-24(17-14-11-12-15-18-28(32)33-6)26(31)21-27(25)35-36(7,8)29(3,4)5/h19-20,23-25,27H,9-10,12-13,15-18,21H2,1-8H3/b20-19+/t23-,24+,25+,27+/m0/s1. The van der Waals surface area contributed by atoms with Crippen LogP contribution in [0.3, 0.4) is 0 Å². The van der Waals surface area contributed by atoms with E-state index in [2.05, 4.69) is 57.4 Å². The number of Topliss-reactive ketones (excluding diaryl/α,β-unsaturated/α-hetero) is 1. The van der Waals surface area contributed by atoms with Crippen molar-refractivity contribution in [2.75, 3.05) is 7.11 Å². The summed E-state index contributed by atoms with van der Waals surface area (Å²) >= 11 is 0. The lowest BCUT2D eigenvalue weighted by atomic mass is 9.90. The lowest BCUT2D eigenvalue weighted by Crippen LogP contribution is -2.45. The molecule has 0 bridgehead atoms. The molecule has 0 N–H and O–H groups in total. The Hall–Kier alpha value is -1.91. The van der Waals surface area contributed by atoms with Gasteiger partial charge in [-0.05, 0) is 43.5 Å². The molecule has 7 heteroatoms. The van der Waals surface area contributed by atoms with Crippen LogP contribution >= 0.6 is 0 Å². The minimum Gasteiger partial charge on any atom is -0.469 e. The van der Waals surface area contributed by atoms with Crippen LogP contribution in [0, 0.1) is 23.7 Å². The van der Waals surface area contributed by atoms with E-state index in [-0.39, 0.29) is 46.8 Å². The highest BCUT2D eigenvalue weighted by atomic mass is 28.4. The third-order valence-electron chi connectivity index (χ3n) is 7.28. The summed E-state index contributed by atoms with van der Waals surface area (Å²) in [5.41, 5.74) is 0. The number of hydrogen-bond donors (Lipinski definition) is 0. The molecule has 0 aromatic carbocycles. The van der Waals surface area contributed by atoms with Crippen LogP contribution in [0.2, 0.25) is 18.1 Å². The second kappa shape index (κ2) is 15.4. The maximum atomic E-state index is 13.1. The molecule has 1 rings (SSSR count). The van der Waals surface area contributed by atoms with E-state index in [1.54, 1.807) is 0 Å². The summed E-state index contributed by atoms with van der Waals surface area (Å²) in [5, 5.41) is 0.0300. The molecule has 0 saturated heterocycles. The van der Waals surface area contributed by atoms with Gasteiger partial charge in [-0.25, -0.2) is 0 Å². The van der Waals surface area contributed by atoms with Crippen molar-refractivity contribution in [1.82, 2.24) is 0 Å². The average Bonchev–Trinajstić information content (AvgIpc) is 3.06. The van der Waals surface area contributed by atoms with E-state index in [4.69, 9.17) is 9.16 Å². The Morgan fingerprint density at radius 1 is 1.17 bits per heavy atom. The summed E-state index contributed by atoms with van der Waals surface area (Å²) in [5.74, 6) is 5.55. The molecule has 0 aromatic heterocycles. The van der Waals surface area contributed by atoms with Gasteiger partial charge >= 0.3 is 11.9 Å². The molecule has 4 atom stereocenters. The van der Waals surface area contributed by atoms with E-state index in [9.17, 15) is 14.4 Å². The van der Waals surface area contributed by atoms with Gasteiger partial charge in [0.2, 0.25) is 0 Å². The minimum absolute atomic E-state index is 0.0300. The summed E-state index contributed by atoms with van der Waals surface area (Å²) < 4.78 is 16.9. The van der Waals surface area contributed by atoms with Crippen molar-refractivity contribution in [2.45, 2.75) is 123 Å². The molecule has 0 aliphatic heterocycles. The fraction of sp³-hybridized carbons (Fsp3) is 0.759. The Balaban J connectivity index is 3.07. The number of esters is 2. The minimum atomic E-state index is -2.09. The van der Waals surface area contributed by atoms with Crippen LogP contribution in [-0.4, -0.2) is 45.4 Å². The average molecular weight is 521 g/mol. The van der Waals surface area contributed by atoms with Crippen molar-refractivity contribution in [3.8, 4) is 11.8 Å². The van der Waals surface area contributed by atoms with Gasteiger partial charge in [0, 0.05) is 44.4 Å². The number of unbranched alkanes of at least 4 members (excludes halogenated alkanes) is 3. The molecule has 1 aliphatic rings. The van der Waals surface area contributed by atoms with E-state index < -0.39 is 8.32 Å². The summed E-state index contributed by atoms with van der Waals surface area (Å²) in [6.07, 6.45) is 9.83. The quantitative estimate of drug-likeness (QED) is 0.0921. The van der Waals surface area contributed by atoms with E-state index in [1.165, 1.54) is 14.0 Å². The summed E-state index contributed by atoms with van der Waals surface area (Å²) in [6, 6.07) is 0. The SMILES string of the molecule is CCCCC[C@@H](/C=C/[C@H]1[C@H](O[Si](C)(C)C(C)(C)C)CC(=O)[C@@H]1CC#CCCCC(=O)OC)OC(C)=O. The van der Waals surface area contributed by atoms with Gasteiger partial charge in [-0.15, -0.1) is 11.8 Å². The lowest BCUT2D eigenvalue weighted by Gasteiger charge is -2.39. The van der Waals surface area contributed by atoms with Gasteiger partial charge in [0.25, 0.3) is 0 Å². The van der Waals surface area contributed by atoms with E-state index in [0.717, 1.165) is 25.7 Å². The summed E-state index contributed by atoms with van der Waals surface area (Å²) in [7, 11) is -0.713. The Kier molecular flexibility index (Phi) is 13.7. The van der Waals surface area contributed by atoms with Gasteiger partial charge in [0.05, 0.1) is 13.2 Å². The Bertz CT molecular complexity index is 814. The molecule has 36 heavy (non-hydrogen) atoms. The van der Waals surface area contributed by atoms with Gasteiger partial charge in [0.15, 0.2) is 8.32 Å². The van der Waals surface area contributed by atoms with Crippen LogP contribution in [0.25, 0.3) is 0 Å². The van der Waals surface area contributed by atoms with Gasteiger partial charge in [-0.2, -0.15) is 0 Å². The predicted octanol–water partition coefficient (Wildman–Crippen LogP) is 6.39. The first-order valence-electron chi connectivity index (χ1n) is 13.4. The van der Waals surface area contributed by atoms with Crippen LogP contribution in [0.15, 0.2) is 12.2 Å². The first-order chi connectivity index (χ1) is 16.8. The first-order valence-corrected chi connectivity index (χ1v) is 16.3. The summed E-state index contributed by atoms with van der Waals surface area (Å²) in [6.45, 7) is 14.6. The molecule has 0 radical (unpaired) electrons. The molecule has 0 heterocycles. The Labute approximate surface area is 220 Å². The fourth-order valence-electron chi connectivity index (χ4n) is 4.09. The van der Waals surface area contributed by atoms with Crippen molar-refractivity contribution >= 4 is 26.0 Å². The molecule has 1 fully saturated rings. The van der Waals surface area contributed by atoms with Gasteiger partial charge < -0.3 is 13.9 Å². The Morgan fingerprint density at radius 2 is 1.86 bits per heavy atom. The zero-order valence-electron chi connectivity index (χ0n) is 23.8. The fourth-order valence-corrected chi connectivity index (χ4v) is 5.44. The van der Waals surface area contributed by atoms with Crippen molar-refractivity contribution in [1.29, 1.82) is 0 Å². The summed E-state index contributed by atoms with van der Waals surface area (Å²) in [4.78, 5) is 36.0. The van der Waals surface area contributed by atoms with E-state index >= 15 is 0 Å². The highest BCUT2D eigenvalue weighted by Crippen LogP contribution is 2.42. The number of hydrogen-bond acceptors (Lipinski definition) is 6. The normalized spacial score (nSPS) is 21.2. The predicted molar refractivity (Wildman–Crippen MR) is 146 cm³/mol. The third-order valence-corrected chi connectivity index (χ3v) is 11.8. The van der Waals surface area contributed by atoms with E-state index in [0.29, 0.717) is 32.1 Å². The van der Waals surface area contributed by atoms with Crippen LogP contribution < -0.4 is 0 Å².